The van der Waals surface area contributed by atoms with Gasteiger partial charge in [-0.3, -0.25) is 0 Å². The number of fused-ring (bicyclic) bond motifs is 5. The Morgan fingerprint density at radius 2 is 1.88 bits per heavy atom. The van der Waals surface area contributed by atoms with Gasteiger partial charge in [-0.25, -0.2) is 8.78 Å². The molecule has 0 heterocycles. The molecule has 3 aliphatic carbocycles. The maximum atomic E-state index is 13.6. The summed E-state index contributed by atoms with van der Waals surface area (Å²) in [5.41, 5.74) is 2.38. The first-order valence-electron chi connectivity index (χ1n) is 14.6. The van der Waals surface area contributed by atoms with E-state index in [-0.39, 0.29) is 43.8 Å². The summed E-state index contributed by atoms with van der Waals surface area (Å²) in [5, 5.41) is 29.6. The second kappa shape index (κ2) is 12.7. The minimum absolute atomic E-state index is 0.00324. The van der Waals surface area contributed by atoms with E-state index in [9.17, 15) is 32.3 Å². The van der Waals surface area contributed by atoms with Crippen molar-refractivity contribution in [3.05, 3.63) is 29.3 Å². The SMILES string of the molecule is CC(F)(F)C(F)(F)CCC[S+]([O-])CCC[C@@H]1Cc2cc(OCC(O)CO)ccc2[C@H]2CC[C@]3(C)[C@@H](O)CC[C@H]3[C@H]12. The summed E-state index contributed by atoms with van der Waals surface area (Å²) in [7, 11) is 0. The van der Waals surface area contributed by atoms with Crippen LogP contribution in [0.4, 0.5) is 17.6 Å². The summed E-state index contributed by atoms with van der Waals surface area (Å²) < 4.78 is 71.5. The van der Waals surface area contributed by atoms with Gasteiger partial charge in [0.2, 0.25) is 0 Å². The third-order valence-corrected chi connectivity index (χ3v) is 11.4. The number of hydrogen-bond donors (Lipinski definition) is 3. The number of ether oxygens (including phenoxy) is 1. The summed E-state index contributed by atoms with van der Waals surface area (Å²) >= 11 is -1.35. The maximum Gasteiger partial charge on any atom is 0.310 e. The van der Waals surface area contributed by atoms with E-state index < -0.39 is 35.5 Å². The zero-order chi connectivity index (χ0) is 29.3. The van der Waals surface area contributed by atoms with E-state index in [0.29, 0.717) is 41.6 Å². The number of rotatable bonds is 13. The van der Waals surface area contributed by atoms with Crippen molar-refractivity contribution in [2.24, 2.45) is 23.2 Å². The molecule has 0 aromatic heterocycles. The molecular weight excluding hydrogens is 548 g/mol. The van der Waals surface area contributed by atoms with Gasteiger partial charge in [0.1, 0.15) is 30.0 Å². The second-order valence-corrected chi connectivity index (χ2v) is 14.3. The van der Waals surface area contributed by atoms with Crippen LogP contribution in [0.15, 0.2) is 18.2 Å². The van der Waals surface area contributed by atoms with Gasteiger partial charge in [0.05, 0.1) is 12.7 Å². The van der Waals surface area contributed by atoms with E-state index in [1.807, 2.05) is 12.1 Å². The van der Waals surface area contributed by atoms with Crippen molar-refractivity contribution in [3.63, 3.8) is 0 Å². The van der Waals surface area contributed by atoms with Gasteiger partial charge in [0.25, 0.3) is 0 Å². The zero-order valence-corrected chi connectivity index (χ0v) is 24.3. The Morgan fingerprint density at radius 3 is 2.58 bits per heavy atom. The standard InChI is InChI=1S/C30H44F4O5S/c1-28-12-10-24-23-7-6-22(39-18-21(36)17-35)16-20(23)15-19(27(24)25(28)8-9-26(28)37)5-3-13-40(38)14-4-11-30(33,34)29(2,31)32/h6-7,16,19,21,24-27,35-37H,3-5,8-15,17-18H2,1-2H3/t19-,21?,24-,25+,26+,27-,28+,40?/m1/s1. The Labute approximate surface area is 237 Å². The molecule has 4 rings (SSSR count). The van der Waals surface area contributed by atoms with Crippen LogP contribution in [-0.2, 0) is 17.6 Å². The van der Waals surface area contributed by atoms with E-state index in [1.165, 1.54) is 11.1 Å². The van der Waals surface area contributed by atoms with Crippen molar-refractivity contribution in [1.82, 2.24) is 0 Å². The van der Waals surface area contributed by atoms with E-state index >= 15 is 0 Å². The first-order chi connectivity index (χ1) is 18.8. The fourth-order valence-electron chi connectivity index (χ4n) is 7.64. The molecule has 2 saturated carbocycles. The van der Waals surface area contributed by atoms with Gasteiger partial charge >= 0.3 is 11.8 Å². The van der Waals surface area contributed by atoms with Crippen LogP contribution in [0.25, 0.3) is 0 Å². The van der Waals surface area contributed by atoms with Gasteiger partial charge in [0, 0.05) is 13.3 Å². The zero-order valence-electron chi connectivity index (χ0n) is 23.5. The molecule has 2 unspecified atom stereocenters. The molecule has 3 N–H and O–H groups in total. The molecule has 3 aliphatic rings. The lowest BCUT2D eigenvalue weighted by Crippen LogP contribution is -2.47. The van der Waals surface area contributed by atoms with Gasteiger partial charge in [-0.1, -0.05) is 24.2 Å². The molecule has 0 spiro atoms. The van der Waals surface area contributed by atoms with Crippen molar-refractivity contribution in [3.8, 4) is 5.75 Å². The van der Waals surface area contributed by atoms with Crippen molar-refractivity contribution < 1.29 is 42.2 Å². The highest BCUT2D eigenvalue weighted by Gasteiger charge is 2.56. The molecule has 1 aromatic carbocycles. The van der Waals surface area contributed by atoms with Crippen molar-refractivity contribution in [2.45, 2.75) is 102 Å². The molecule has 0 amide bonds. The van der Waals surface area contributed by atoms with Crippen LogP contribution < -0.4 is 4.74 Å². The largest absolute Gasteiger partial charge is 0.616 e. The summed E-state index contributed by atoms with van der Waals surface area (Å²) in [6.07, 6.45) is 3.53. The quantitative estimate of drug-likeness (QED) is 0.209. The molecule has 0 radical (unpaired) electrons. The third kappa shape index (κ3) is 6.77. The highest BCUT2D eigenvalue weighted by Crippen LogP contribution is 2.62. The fourth-order valence-corrected chi connectivity index (χ4v) is 8.80. The van der Waals surface area contributed by atoms with Crippen LogP contribution in [-0.4, -0.2) is 68.6 Å². The minimum atomic E-state index is -4.10. The van der Waals surface area contributed by atoms with Crippen molar-refractivity contribution in [1.29, 1.82) is 0 Å². The molecule has 2 fully saturated rings. The molecule has 5 nitrogen and oxygen atoms in total. The van der Waals surface area contributed by atoms with E-state index in [2.05, 4.69) is 13.0 Å². The molecule has 10 heteroatoms. The summed E-state index contributed by atoms with van der Waals surface area (Å²) in [6.45, 7) is 2.05. The smallest absolute Gasteiger partial charge is 0.310 e. The Hall–Kier alpha value is -1.07. The number of benzene rings is 1. The monoisotopic (exact) mass is 592 g/mol. The predicted molar refractivity (Wildman–Crippen MR) is 146 cm³/mol. The van der Waals surface area contributed by atoms with Gasteiger partial charge in [-0.15, -0.1) is 0 Å². The Balaban J connectivity index is 1.43. The van der Waals surface area contributed by atoms with E-state index in [4.69, 9.17) is 9.84 Å². The predicted octanol–water partition coefficient (Wildman–Crippen LogP) is 5.46. The van der Waals surface area contributed by atoms with Gasteiger partial charge in [-0.2, -0.15) is 8.78 Å². The second-order valence-electron chi connectivity index (χ2n) is 12.6. The fraction of sp³-hybridized carbons (Fsp3) is 0.800. The molecule has 1 aromatic rings. The number of hydrogen-bond acceptors (Lipinski definition) is 5. The minimum Gasteiger partial charge on any atom is -0.616 e. The van der Waals surface area contributed by atoms with Gasteiger partial charge in [-0.05, 0) is 104 Å². The normalized spacial score (nSPS) is 31.7. The number of alkyl halides is 4. The van der Waals surface area contributed by atoms with Crippen LogP contribution in [0.3, 0.4) is 0 Å². The topological polar surface area (TPSA) is 93.0 Å². The van der Waals surface area contributed by atoms with Crippen LogP contribution in [0.5, 0.6) is 5.75 Å². The average Bonchev–Trinajstić information content (AvgIpc) is 3.20. The summed E-state index contributed by atoms with van der Waals surface area (Å²) in [5.74, 6) is -5.81. The molecule has 0 bridgehead atoms. The maximum absolute atomic E-state index is 13.6. The lowest BCUT2D eigenvalue weighted by molar-refractivity contribution is -0.200. The molecule has 0 aliphatic heterocycles. The van der Waals surface area contributed by atoms with Crippen LogP contribution in [0.1, 0.15) is 82.3 Å². The number of halogens is 4. The van der Waals surface area contributed by atoms with E-state index in [0.717, 1.165) is 38.5 Å². The summed E-state index contributed by atoms with van der Waals surface area (Å²) in [4.78, 5) is 0. The first kappa shape index (κ1) is 31.9. The first-order valence-corrected chi connectivity index (χ1v) is 16.1. The molecule has 228 valence electrons. The third-order valence-electron chi connectivity index (χ3n) is 9.93. The lowest BCUT2D eigenvalue weighted by Gasteiger charge is -2.53. The highest BCUT2D eigenvalue weighted by molar-refractivity contribution is 7.91. The van der Waals surface area contributed by atoms with Crippen LogP contribution in [0.2, 0.25) is 0 Å². The van der Waals surface area contributed by atoms with E-state index in [1.54, 1.807) is 0 Å². The molecule has 0 saturated heterocycles. The van der Waals surface area contributed by atoms with Gasteiger partial charge < -0.3 is 24.6 Å². The Kier molecular flexibility index (Phi) is 10.1. The lowest BCUT2D eigenvalue weighted by atomic mass is 9.52. The Bertz CT molecular complexity index is 991. The van der Waals surface area contributed by atoms with Crippen molar-refractivity contribution in [2.75, 3.05) is 24.7 Å². The van der Waals surface area contributed by atoms with Crippen molar-refractivity contribution >= 4 is 11.2 Å². The number of aliphatic hydroxyl groups is 3. The average molecular weight is 593 g/mol. The van der Waals surface area contributed by atoms with Crippen LogP contribution >= 0.6 is 0 Å². The molecule has 40 heavy (non-hydrogen) atoms. The molecular formula is C30H44F4O5S. The summed E-state index contributed by atoms with van der Waals surface area (Å²) in [6, 6.07) is 6.04. The van der Waals surface area contributed by atoms with Crippen LogP contribution in [0, 0.1) is 23.2 Å². The highest BCUT2D eigenvalue weighted by atomic mass is 32.2. The Morgan fingerprint density at radius 1 is 1.15 bits per heavy atom. The van der Waals surface area contributed by atoms with Gasteiger partial charge in [0.15, 0.2) is 0 Å². The molecule has 8 atom stereocenters. The number of aliphatic hydroxyl groups excluding tert-OH is 3.